The third kappa shape index (κ3) is 3.11. The molecular weight excluding hydrogens is 342 g/mol. The fourth-order valence-electron chi connectivity index (χ4n) is 3.24. The number of nitrogens with one attached hydrogen (secondary N) is 1. The predicted molar refractivity (Wildman–Crippen MR) is 92.8 cm³/mol. The Morgan fingerprint density at radius 2 is 2.12 bits per heavy atom. The van der Waals surface area contributed by atoms with E-state index in [-0.39, 0.29) is 12.4 Å². The van der Waals surface area contributed by atoms with Crippen LogP contribution in [0.4, 0.5) is 0 Å². The van der Waals surface area contributed by atoms with E-state index in [1.54, 1.807) is 19.1 Å². The third-order valence-corrected chi connectivity index (χ3v) is 4.71. The van der Waals surface area contributed by atoms with E-state index in [9.17, 15) is 15.0 Å². The lowest BCUT2D eigenvalue weighted by molar-refractivity contribution is -0.107. The number of furan rings is 1. The highest BCUT2D eigenvalue weighted by Crippen LogP contribution is 2.39. The standard InChI is InChI=1S/C18H23NO7/c1-9-10-4-5-12(23-2)17(24-3)16(10)26-15(9)18(22)19-11-6-7-25-13(8-20)14(11)21/h4-5,11,13-14,20-21H,6-8H2,1-3H3,(H,19,22)/t11-,13+,14-/m0/s1. The van der Waals surface area contributed by atoms with Gasteiger partial charge in [-0.3, -0.25) is 4.79 Å². The van der Waals surface area contributed by atoms with Gasteiger partial charge in [0.05, 0.1) is 26.9 Å². The minimum Gasteiger partial charge on any atom is -0.493 e. The Kier molecular flexibility index (Phi) is 5.36. The summed E-state index contributed by atoms with van der Waals surface area (Å²) in [6, 6.07) is 3.02. The number of benzene rings is 1. The van der Waals surface area contributed by atoms with Gasteiger partial charge in [0, 0.05) is 17.6 Å². The van der Waals surface area contributed by atoms with Gasteiger partial charge in [0.1, 0.15) is 12.2 Å². The number of carbonyl (C=O) groups is 1. The molecule has 1 aromatic heterocycles. The molecule has 2 heterocycles. The van der Waals surface area contributed by atoms with Crippen molar-refractivity contribution in [2.24, 2.45) is 0 Å². The van der Waals surface area contributed by atoms with Crippen molar-refractivity contribution < 1.29 is 33.6 Å². The number of fused-ring (bicyclic) bond motifs is 1. The molecule has 1 fully saturated rings. The van der Waals surface area contributed by atoms with Crippen molar-refractivity contribution in [1.82, 2.24) is 5.32 Å². The highest BCUT2D eigenvalue weighted by molar-refractivity contribution is 6.01. The number of aliphatic hydroxyl groups excluding tert-OH is 2. The van der Waals surface area contributed by atoms with Crippen LogP contribution in [0, 0.1) is 6.92 Å². The first-order valence-electron chi connectivity index (χ1n) is 8.37. The zero-order chi connectivity index (χ0) is 18.8. The molecule has 3 atom stereocenters. The zero-order valence-electron chi connectivity index (χ0n) is 14.9. The summed E-state index contributed by atoms with van der Waals surface area (Å²) in [5, 5.41) is 23.0. The number of aryl methyl sites for hydroxylation is 1. The predicted octanol–water partition coefficient (Wildman–Crippen LogP) is 0.999. The lowest BCUT2D eigenvalue weighted by Crippen LogP contribution is -2.54. The van der Waals surface area contributed by atoms with Gasteiger partial charge in [-0.05, 0) is 25.5 Å². The van der Waals surface area contributed by atoms with Crippen molar-refractivity contribution in [3.05, 3.63) is 23.5 Å². The van der Waals surface area contributed by atoms with E-state index >= 15 is 0 Å². The van der Waals surface area contributed by atoms with Crippen molar-refractivity contribution in [2.45, 2.75) is 31.6 Å². The van der Waals surface area contributed by atoms with Crippen molar-refractivity contribution in [3.8, 4) is 11.5 Å². The van der Waals surface area contributed by atoms with E-state index in [4.69, 9.17) is 18.6 Å². The van der Waals surface area contributed by atoms with Gasteiger partial charge in [0.2, 0.25) is 5.75 Å². The molecule has 0 radical (unpaired) electrons. The lowest BCUT2D eigenvalue weighted by Gasteiger charge is -2.34. The van der Waals surface area contributed by atoms with E-state index in [0.29, 0.717) is 35.7 Å². The molecule has 2 aromatic rings. The smallest absolute Gasteiger partial charge is 0.287 e. The van der Waals surface area contributed by atoms with E-state index in [2.05, 4.69) is 5.32 Å². The van der Waals surface area contributed by atoms with Gasteiger partial charge >= 0.3 is 0 Å². The molecule has 3 rings (SSSR count). The maximum absolute atomic E-state index is 12.7. The fraction of sp³-hybridized carbons (Fsp3) is 0.500. The average molecular weight is 365 g/mol. The Hall–Kier alpha value is -2.29. The second kappa shape index (κ2) is 7.53. The first kappa shape index (κ1) is 18.5. The first-order chi connectivity index (χ1) is 12.5. The second-order valence-electron chi connectivity index (χ2n) is 6.18. The first-order valence-corrected chi connectivity index (χ1v) is 8.37. The molecule has 1 aliphatic heterocycles. The van der Waals surface area contributed by atoms with E-state index in [1.807, 2.05) is 0 Å². The van der Waals surface area contributed by atoms with Crippen LogP contribution in [0.5, 0.6) is 11.5 Å². The number of carbonyl (C=O) groups excluding carboxylic acids is 1. The Morgan fingerprint density at radius 1 is 1.35 bits per heavy atom. The van der Waals surface area contributed by atoms with E-state index in [1.165, 1.54) is 14.2 Å². The zero-order valence-corrected chi connectivity index (χ0v) is 14.9. The van der Waals surface area contributed by atoms with Crippen LogP contribution in [0.3, 0.4) is 0 Å². The van der Waals surface area contributed by atoms with Crippen LogP contribution in [-0.4, -0.2) is 61.8 Å². The average Bonchev–Trinajstić information content (AvgIpc) is 2.99. The largest absolute Gasteiger partial charge is 0.493 e. The molecule has 1 amide bonds. The number of hydrogen-bond donors (Lipinski definition) is 3. The highest BCUT2D eigenvalue weighted by atomic mass is 16.5. The number of rotatable bonds is 5. The van der Waals surface area contributed by atoms with Crippen LogP contribution in [0.25, 0.3) is 11.0 Å². The van der Waals surface area contributed by atoms with Crippen molar-refractivity contribution >= 4 is 16.9 Å². The molecule has 0 aliphatic carbocycles. The summed E-state index contributed by atoms with van der Waals surface area (Å²) >= 11 is 0. The Bertz CT molecular complexity index is 800. The van der Waals surface area contributed by atoms with Gasteiger partial charge in [-0.15, -0.1) is 0 Å². The summed E-state index contributed by atoms with van der Waals surface area (Å²) in [6.45, 7) is 1.81. The molecule has 0 unspecified atom stereocenters. The lowest BCUT2D eigenvalue weighted by atomic mass is 9.99. The van der Waals surface area contributed by atoms with Gasteiger partial charge in [-0.2, -0.15) is 0 Å². The summed E-state index contributed by atoms with van der Waals surface area (Å²) in [5.41, 5.74) is 1.09. The molecule has 1 aliphatic rings. The minimum absolute atomic E-state index is 0.144. The summed E-state index contributed by atoms with van der Waals surface area (Å²) in [6.07, 6.45) is -1.26. The molecule has 8 nitrogen and oxygen atoms in total. The molecule has 1 saturated heterocycles. The highest BCUT2D eigenvalue weighted by Gasteiger charge is 2.34. The van der Waals surface area contributed by atoms with Crippen LogP contribution in [0.2, 0.25) is 0 Å². The van der Waals surface area contributed by atoms with Gasteiger partial charge < -0.3 is 34.2 Å². The van der Waals surface area contributed by atoms with Gasteiger partial charge in [0.15, 0.2) is 17.1 Å². The normalized spacial score (nSPS) is 23.0. The summed E-state index contributed by atoms with van der Waals surface area (Å²) in [5.74, 6) is 0.623. The second-order valence-corrected chi connectivity index (χ2v) is 6.18. The van der Waals surface area contributed by atoms with Crippen LogP contribution in [-0.2, 0) is 4.74 Å². The van der Waals surface area contributed by atoms with E-state index < -0.39 is 24.2 Å². The molecular formula is C18H23NO7. The van der Waals surface area contributed by atoms with Gasteiger partial charge in [0.25, 0.3) is 5.91 Å². The maximum atomic E-state index is 12.7. The molecule has 8 heteroatoms. The van der Waals surface area contributed by atoms with Gasteiger partial charge in [-0.1, -0.05) is 0 Å². The quantitative estimate of drug-likeness (QED) is 0.725. The number of hydrogen-bond acceptors (Lipinski definition) is 7. The van der Waals surface area contributed by atoms with Crippen LogP contribution < -0.4 is 14.8 Å². The minimum atomic E-state index is -0.989. The van der Waals surface area contributed by atoms with Crippen LogP contribution in [0.15, 0.2) is 16.5 Å². The van der Waals surface area contributed by atoms with E-state index in [0.717, 1.165) is 5.39 Å². The molecule has 26 heavy (non-hydrogen) atoms. The van der Waals surface area contributed by atoms with Crippen molar-refractivity contribution in [3.63, 3.8) is 0 Å². The summed E-state index contributed by atoms with van der Waals surface area (Å²) in [4.78, 5) is 12.7. The fourth-order valence-corrected chi connectivity index (χ4v) is 3.24. The summed E-state index contributed by atoms with van der Waals surface area (Å²) < 4.78 is 21.7. The molecule has 1 aromatic carbocycles. The van der Waals surface area contributed by atoms with Crippen molar-refractivity contribution in [1.29, 1.82) is 0 Å². The van der Waals surface area contributed by atoms with Crippen LogP contribution >= 0.6 is 0 Å². The molecule has 0 saturated carbocycles. The molecule has 0 spiro atoms. The molecule has 3 N–H and O–H groups in total. The third-order valence-electron chi connectivity index (χ3n) is 4.71. The monoisotopic (exact) mass is 365 g/mol. The number of amides is 1. The topological polar surface area (TPSA) is 110 Å². The van der Waals surface area contributed by atoms with Crippen molar-refractivity contribution in [2.75, 3.05) is 27.4 Å². The number of methoxy groups -OCH3 is 2. The number of aliphatic hydroxyl groups is 2. The molecule has 142 valence electrons. The maximum Gasteiger partial charge on any atom is 0.287 e. The SMILES string of the molecule is COc1ccc2c(C)c(C(=O)N[C@H]3CCO[C@H](CO)[C@H]3O)oc2c1OC. The molecule has 0 bridgehead atoms. The number of ether oxygens (including phenoxy) is 3. The Balaban J connectivity index is 1.90. The Morgan fingerprint density at radius 3 is 2.77 bits per heavy atom. The summed E-state index contributed by atoms with van der Waals surface area (Å²) in [7, 11) is 3.03. The Labute approximate surface area is 150 Å². The van der Waals surface area contributed by atoms with Gasteiger partial charge in [-0.25, -0.2) is 0 Å². The van der Waals surface area contributed by atoms with Crippen LogP contribution in [0.1, 0.15) is 22.5 Å².